The van der Waals surface area contributed by atoms with Gasteiger partial charge in [-0.1, -0.05) is 6.07 Å². The first-order valence-corrected chi connectivity index (χ1v) is 5.76. The second-order valence-electron chi connectivity index (χ2n) is 4.30. The molecule has 5 nitrogen and oxygen atoms in total. The monoisotopic (exact) mass is 235 g/mol. The number of hydrogen-bond acceptors (Lipinski definition) is 4. The normalized spacial score (nSPS) is 21.4. The zero-order valence-electron chi connectivity index (χ0n) is 9.89. The third-order valence-electron chi connectivity index (χ3n) is 3.11. The zero-order chi connectivity index (χ0) is 12.3. The quantitative estimate of drug-likeness (QED) is 0.786. The van der Waals surface area contributed by atoms with Crippen molar-refractivity contribution in [2.24, 2.45) is 0 Å². The van der Waals surface area contributed by atoms with Gasteiger partial charge in [0, 0.05) is 32.4 Å². The highest BCUT2D eigenvalue weighted by atomic mass is 16.4. The molecule has 17 heavy (non-hydrogen) atoms. The summed E-state index contributed by atoms with van der Waals surface area (Å²) in [5.74, 6) is -0.772. The van der Waals surface area contributed by atoms with Crippen LogP contribution < -0.4 is 5.32 Å². The van der Waals surface area contributed by atoms with Crippen LogP contribution in [0.5, 0.6) is 0 Å². The molecule has 1 unspecified atom stereocenters. The van der Waals surface area contributed by atoms with Crippen molar-refractivity contribution in [2.45, 2.75) is 19.5 Å². The number of piperazine rings is 1. The van der Waals surface area contributed by atoms with Crippen LogP contribution in [-0.4, -0.2) is 46.6 Å². The Labute approximate surface area is 100 Å². The summed E-state index contributed by atoms with van der Waals surface area (Å²) in [6.07, 6.45) is 1.75. The first-order valence-electron chi connectivity index (χ1n) is 5.76. The van der Waals surface area contributed by atoms with E-state index in [-0.39, 0.29) is 0 Å². The number of rotatable bonds is 3. The smallest absolute Gasteiger partial charge is 0.322 e. The van der Waals surface area contributed by atoms with Crippen LogP contribution >= 0.6 is 0 Å². The van der Waals surface area contributed by atoms with E-state index in [2.05, 4.69) is 10.3 Å². The molecule has 1 atom stereocenters. The molecule has 2 rings (SSSR count). The van der Waals surface area contributed by atoms with E-state index >= 15 is 0 Å². The molecule has 92 valence electrons. The number of aromatic nitrogens is 1. The molecule has 0 saturated carbocycles. The van der Waals surface area contributed by atoms with Gasteiger partial charge in [-0.15, -0.1) is 0 Å². The Hall–Kier alpha value is -1.46. The van der Waals surface area contributed by atoms with Crippen molar-refractivity contribution < 1.29 is 9.90 Å². The minimum Gasteiger partial charge on any atom is -0.480 e. The predicted octanol–water partition coefficient (Wildman–Crippen LogP) is 0.248. The fraction of sp³-hybridized carbons (Fsp3) is 0.500. The predicted molar refractivity (Wildman–Crippen MR) is 63.7 cm³/mol. The molecular formula is C12H17N3O2. The number of nitrogens with one attached hydrogen (secondary N) is 1. The molecule has 2 heterocycles. The Balaban J connectivity index is 2.11. The Morgan fingerprint density at radius 2 is 2.53 bits per heavy atom. The molecule has 0 radical (unpaired) electrons. The number of nitrogens with zero attached hydrogens (tertiary/aromatic N) is 2. The average molecular weight is 235 g/mol. The Bertz CT molecular complexity index is 408. The van der Waals surface area contributed by atoms with Crippen LogP contribution in [0.15, 0.2) is 18.3 Å². The molecule has 0 aromatic carbocycles. The SMILES string of the molecule is Cc1cccnc1CN1CCNCC1C(=O)O. The lowest BCUT2D eigenvalue weighted by Crippen LogP contribution is -2.54. The lowest BCUT2D eigenvalue weighted by molar-refractivity contribution is -0.144. The summed E-state index contributed by atoms with van der Waals surface area (Å²) in [5.41, 5.74) is 2.07. The van der Waals surface area contributed by atoms with E-state index in [1.54, 1.807) is 6.20 Å². The largest absolute Gasteiger partial charge is 0.480 e. The van der Waals surface area contributed by atoms with Crippen LogP contribution in [0.2, 0.25) is 0 Å². The van der Waals surface area contributed by atoms with Gasteiger partial charge in [-0.3, -0.25) is 14.7 Å². The summed E-state index contributed by atoms with van der Waals surface area (Å²) >= 11 is 0. The standard InChI is InChI=1S/C12H17N3O2/c1-9-3-2-4-14-10(9)8-15-6-5-13-7-11(15)12(16)17/h2-4,11,13H,5-8H2,1H3,(H,16,17). The van der Waals surface area contributed by atoms with Crippen molar-refractivity contribution in [1.82, 2.24) is 15.2 Å². The van der Waals surface area contributed by atoms with Gasteiger partial charge < -0.3 is 10.4 Å². The summed E-state index contributed by atoms with van der Waals surface area (Å²) in [6, 6.07) is 3.44. The van der Waals surface area contributed by atoms with Crippen molar-refractivity contribution in [1.29, 1.82) is 0 Å². The van der Waals surface area contributed by atoms with Gasteiger partial charge in [0.05, 0.1) is 5.69 Å². The van der Waals surface area contributed by atoms with Crippen LogP contribution in [0.3, 0.4) is 0 Å². The maximum absolute atomic E-state index is 11.1. The molecule has 0 bridgehead atoms. The van der Waals surface area contributed by atoms with Crippen LogP contribution in [0.1, 0.15) is 11.3 Å². The molecular weight excluding hydrogens is 218 g/mol. The maximum Gasteiger partial charge on any atom is 0.322 e. The van der Waals surface area contributed by atoms with Crippen molar-refractivity contribution in [2.75, 3.05) is 19.6 Å². The van der Waals surface area contributed by atoms with Crippen molar-refractivity contribution in [3.63, 3.8) is 0 Å². The van der Waals surface area contributed by atoms with Crippen LogP contribution in [0.4, 0.5) is 0 Å². The van der Waals surface area contributed by atoms with Gasteiger partial charge in [0.2, 0.25) is 0 Å². The number of aryl methyl sites for hydroxylation is 1. The first-order chi connectivity index (χ1) is 8.18. The summed E-state index contributed by atoms with van der Waals surface area (Å²) in [7, 11) is 0. The lowest BCUT2D eigenvalue weighted by Gasteiger charge is -2.33. The minimum absolute atomic E-state index is 0.454. The van der Waals surface area contributed by atoms with Gasteiger partial charge in [0.25, 0.3) is 0 Å². The van der Waals surface area contributed by atoms with E-state index in [0.29, 0.717) is 13.1 Å². The zero-order valence-corrected chi connectivity index (χ0v) is 9.89. The second-order valence-corrected chi connectivity index (χ2v) is 4.30. The number of carbonyl (C=O) groups is 1. The van der Waals surface area contributed by atoms with E-state index in [1.165, 1.54) is 0 Å². The fourth-order valence-corrected chi connectivity index (χ4v) is 2.06. The van der Waals surface area contributed by atoms with Gasteiger partial charge in [-0.05, 0) is 18.6 Å². The molecule has 0 aliphatic carbocycles. The van der Waals surface area contributed by atoms with Crippen molar-refractivity contribution >= 4 is 5.97 Å². The molecule has 1 fully saturated rings. The molecule has 1 aromatic rings. The van der Waals surface area contributed by atoms with E-state index in [1.807, 2.05) is 24.0 Å². The van der Waals surface area contributed by atoms with Crippen LogP contribution in [0, 0.1) is 6.92 Å². The lowest BCUT2D eigenvalue weighted by atomic mass is 10.1. The number of hydrogen-bond donors (Lipinski definition) is 2. The van der Waals surface area contributed by atoms with Crippen molar-refractivity contribution in [3.05, 3.63) is 29.6 Å². The highest BCUT2D eigenvalue weighted by molar-refractivity contribution is 5.74. The van der Waals surface area contributed by atoms with Crippen molar-refractivity contribution in [3.8, 4) is 0 Å². The van der Waals surface area contributed by atoms with Gasteiger partial charge in [-0.2, -0.15) is 0 Å². The van der Waals surface area contributed by atoms with E-state index in [0.717, 1.165) is 24.3 Å². The molecule has 5 heteroatoms. The average Bonchev–Trinajstić information content (AvgIpc) is 2.32. The molecule has 1 aromatic heterocycles. The van der Waals surface area contributed by atoms with E-state index < -0.39 is 12.0 Å². The molecule has 1 saturated heterocycles. The summed E-state index contributed by atoms with van der Waals surface area (Å²) < 4.78 is 0. The highest BCUT2D eigenvalue weighted by Crippen LogP contribution is 2.11. The van der Waals surface area contributed by atoms with E-state index in [4.69, 9.17) is 5.11 Å². The third kappa shape index (κ3) is 2.81. The molecule has 0 amide bonds. The Morgan fingerprint density at radius 3 is 3.24 bits per heavy atom. The number of carboxylic acids is 1. The number of pyridine rings is 1. The molecule has 0 spiro atoms. The van der Waals surface area contributed by atoms with Gasteiger partial charge in [0.15, 0.2) is 0 Å². The topological polar surface area (TPSA) is 65.5 Å². The Morgan fingerprint density at radius 1 is 1.71 bits per heavy atom. The minimum atomic E-state index is -0.772. The first kappa shape index (κ1) is 12.0. The van der Waals surface area contributed by atoms with Gasteiger partial charge in [-0.25, -0.2) is 0 Å². The molecule has 2 N–H and O–H groups in total. The highest BCUT2D eigenvalue weighted by Gasteiger charge is 2.28. The maximum atomic E-state index is 11.1. The summed E-state index contributed by atoms with van der Waals surface area (Å²) in [4.78, 5) is 17.4. The van der Waals surface area contributed by atoms with Gasteiger partial charge in [0.1, 0.15) is 6.04 Å². The molecule has 1 aliphatic rings. The number of carboxylic acid groups (broad SMARTS) is 1. The van der Waals surface area contributed by atoms with Crippen LogP contribution in [0.25, 0.3) is 0 Å². The van der Waals surface area contributed by atoms with Crippen LogP contribution in [-0.2, 0) is 11.3 Å². The summed E-state index contributed by atoms with van der Waals surface area (Å²) in [5, 5.41) is 12.3. The van der Waals surface area contributed by atoms with E-state index in [9.17, 15) is 4.79 Å². The number of aliphatic carboxylic acids is 1. The van der Waals surface area contributed by atoms with Gasteiger partial charge >= 0.3 is 5.97 Å². The fourth-order valence-electron chi connectivity index (χ4n) is 2.06. The third-order valence-corrected chi connectivity index (χ3v) is 3.11. The molecule has 1 aliphatic heterocycles. The second kappa shape index (κ2) is 5.25. The Kier molecular flexibility index (Phi) is 3.71. The summed E-state index contributed by atoms with van der Waals surface area (Å²) in [6.45, 7) is 4.68.